The van der Waals surface area contributed by atoms with Gasteiger partial charge in [0.25, 0.3) is 0 Å². The first-order valence-electron chi connectivity index (χ1n) is 4.54. The van der Waals surface area contributed by atoms with Gasteiger partial charge in [-0.1, -0.05) is 0 Å². The highest BCUT2D eigenvalue weighted by Gasteiger charge is 2.41. The molecule has 0 aliphatic carbocycles. The van der Waals surface area contributed by atoms with E-state index in [0.717, 1.165) is 0 Å². The Kier molecular flexibility index (Phi) is 3.78. The SMILES string of the molecule is COC(=O)c1cc(C(F)(F)F)cc(C(F)(F)F)c1F. The van der Waals surface area contributed by atoms with Crippen LogP contribution in [-0.2, 0) is 17.1 Å². The van der Waals surface area contributed by atoms with Crippen LogP contribution in [0, 0.1) is 5.82 Å². The third-order valence-corrected chi connectivity index (χ3v) is 2.11. The second kappa shape index (κ2) is 4.71. The summed E-state index contributed by atoms with van der Waals surface area (Å²) in [5.41, 5.74) is -5.39. The van der Waals surface area contributed by atoms with Crippen molar-refractivity contribution >= 4 is 5.97 Å². The lowest BCUT2D eigenvalue weighted by Crippen LogP contribution is -2.17. The van der Waals surface area contributed by atoms with Gasteiger partial charge in [0.1, 0.15) is 5.82 Å². The van der Waals surface area contributed by atoms with Gasteiger partial charge < -0.3 is 4.74 Å². The van der Waals surface area contributed by atoms with Crippen molar-refractivity contribution in [3.63, 3.8) is 0 Å². The molecule has 0 aromatic heterocycles. The van der Waals surface area contributed by atoms with E-state index in [4.69, 9.17) is 0 Å². The molecule has 0 amide bonds. The molecule has 0 fully saturated rings. The second-order valence-corrected chi connectivity index (χ2v) is 3.37. The number of alkyl halides is 6. The van der Waals surface area contributed by atoms with Crippen molar-refractivity contribution in [2.24, 2.45) is 0 Å². The second-order valence-electron chi connectivity index (χ2n) is 3.37. The van der Waals surface area contributed by atoms with Crippen molar-refractivity contribution in [1.29, 1.82) is 0 Å². The van der Waals surface area contributed by atoms with Gasteiger partial charge in [0.2, 0.25) is 0 Å². The van der Waals surface area contributed by atoms with E-state index in [1.165, 1.54) is 0 Å². The summed E-state index contributed by atoms with van der Waals surface area (Å²) in [5.74, 6) is -3.73. The van der Waals surface area contributed by atoms with Gasteiger partial charge in [-0.15, -0.1) is 0 Å². The van der Waals surface area contributed by atoms with Crippen LogP contribution in [0.25, 0.3) is 0 Å². The van der Waals surface area contributed by atoms with Crippen LogP contribution >= 0.6 is 0 Å². The molecule has 0 atom stereocenters. The van der Waals surface area contributed by atoms with Crippen LogP contribution in [0.5, 0.6) is 0 Å². The monoisotopic (exact) mass is 290 g/mol. The summed E-state index contributed by atoms with van der Waals surface area (Å²) in [7, 11) is 0.704. The maximum absolute atomic E-state index is 13.4. The third kappa shape index (κ3) is 3.15. The third-order valence-electron chi connectivity index (χ3n) is 2.11. The van der Waals surface area contributed by atoms with Crippen LogP contribution in [0.2, 0.25) is 0 Å². The molecule has 0 N–H and O–H groups in total. The predicted molar refractivity (Wildman–Crippen MR) is 47.7 cm³/mol. The van der Waals surface area contributed by atoms with Gasteiger partial charge >= 0.3 is 18.3 Å². The van der Waals surface area contributed by atoms with Gasteiger partial charge in [0.15, 0.2) is 0 Å². The molecule has 0 aliphatic heterocycles. The molecule has 2 nitrogen and oxygen atoms in total. The molecule has 1 aromatic carbocycles. The van der Waals surface area contributed by atoms with Crippen LogP contribution in [0.3, 0.4) is 0 Å². The van der Waals surface area contributed by atoms with E-state index in [0.29, 0.717) is 7.11 Å². The highest BCUT2D eigenvalue weighted by molar-refractivity contribution is 5.90. The fourth-order valence-electron chi connectivity index (χ4n) is 1.25. The smallest absolute Gasteiger partial charge is 0.419 e. The summed E-state index contributed by atoms with van der Waals surface area (Å²) >= 11 is 0. The van der Waals surface area contributed by atoms with Gasteiger partial charge in [0, 0.05) is 0 Å². The Labute approximate surface area is 101 Å². The first-order chi connectivity index (χ1) is 8.48. The molecule has 1 aromatic rings. The molecule has 0 heterocycles. The van der Waals surface area contributed by atoms with E-state index in [-0.39, 0.29) is 6.07 Å². The largest absolute Gasteiger partial charge is 0.465 e. The number of methoxy groups -OCH3 is 1. The van der Waals surface area contributed by atoms with Gasteiger partial charge in [0.05, 0.1) is 23.8 Å². The van der Waals surface area contributed by atoms with E-state index in [9.17, 15) is 35.5 Å². The molecule has 9 heteroatoms. The van der Waals surface area contributed by atoms with Crippen LogP contribution in [0.4, 0.5) is 30.7 Å². The number of esters is 1. The number of carbonyl (C=O) groups is 1. The van der Waals surface area contributed by atoms with E-state index in [1.807, 2.05) is 0 Å². The molecule has 19 heavy (non-hydrogen) atoms. The van der Waals surface area contributed by atoms with Crippen LogP contribution < -0.4 is 0 Å². The minimum Gasteiger partial charge on any atom is -0.465 e. The zero-order valence-corrected chi connectivity index (χ0v) is 9.12. The molecular formula is C10H5F7O2. The molecule has 0 saturated heterocycles. The molecule has 0 saturated carbocycles. The lowest BCUT2D eigenvalue weighted by Gasteiger charge is -2.14. The average Bonchev–Trinajstić information content (AvgIpc) is 2.25. The number of ether oxygens (including phenoxy) is 1. The first-order valence-corrected chi connectivity index (χ1v) is 4.54. The highest BCUT2D eigenvalue weighted by atomic mass is 19.4. The van der Waals surface area contributed by atoms with Crippen molar-refractivity contribution in [3.8, 4) is 0 Å². The number of hydrogen-bond donors (Lipinski definition) is 0. The molecule has 106 valence electrons. The van der Waals surface area contributed by atoms with Gasteiger partial charge in [-0.2, -0.15) is 26.3 Å². The molecule has 0 bridgehead atoms. The highest BCUT2D eigenvalue weighted by Crippen LogP contribution is 2.38. The normalized spacial score (nSPS) is 12.4. The average molecular weight is 290 g/mol. The Morgan fingerprint density at radius 3 is 1.95 bits per heavy atom. The molecule has 0 aliphatic rings. The molecular weight excluding hydrogens is 285 g/mol. The first kappa shape index (κ1) is 15.3. The number of carbonyl (C=O) groups excluding carboxylic acids is 1. The number of halogens is 7. The fraction of sp³-hybridized carbons (Fsp3) is 0.300. The predicted octanol–water partition coefficient (Wildman–Crippen LogP) is 3.65. The Bertz CT molecular complexity index is 502. The maximum Gasteiger partial charge on any atom is 0.419 e. The summed E-state index contributed by atoms with van der Waals surface area (Å²) < 4.78 is 91.7. The topological polar surface area (TPSA) is 26.3 Å². The number of rotatable bonds is 1. The van der Waals surface area contributed by atoms with Gasteiger partial charge in [-0.05, 0) is 12.1 Å². The maximum atomic E-state index is 13.4. The van der Waals surface area contributed by atoms with Crippen LogP contribution in [0.15, 0.2) is 12.1 Å². The summed E-state index contributed by atoms with van der Waals surface area (Å²) in [4.78, 5) is 11.0. The van der Waals surface area contributed by atoms with Crippen LogP contribution in [-0.4, -0.2) is 13.1 Å². The van der Waals surface area contributed by atoms with Crippen molar-refractivity contribution in [2.75, 3.05) is 7.11 Å². The van der Waals surface area contributed by atoms with Crippen molar-refractivity contribution in [3.05, 3.63) is 34.6 Å². The van der Waals surface area contributed by atoms with E-state index >= 15 is 0 Å². The van der Waals surface area contributed by atoms with Gasteiger partial charge in [-0.3, -0.25) is 0 Å². The van der Waals surface area contributed by atoms with Crippen molar-refractivity contribution < 1.29 is 40.3 Å². The zero-order chi connectivity index (χ0) is 15.0. The Morgan fingerprint density at radius 2 is 1.58 bits per heavy atom. The Hall–Kier alpha value is -1.80. The lowest BCUT2D eigenvalue weighted by molar-refractivity contribution is -0.144. The van der Waals surface area contributed by atoms with E-state index in [1.54, 1.807) is 0 Å². The fourth-order valence-corrected chi connectivity index (χ4v) is 1.25. The summed E-state index contributed by atoms with van der Waals surface area (Å²) in [5, 5.41) is 0. The molecule has 0 unspecified atom stereocenters. The minimum absolute atomic E-state index is 0.0313. The number of benzene rings is 1. The summed E-state index contributed by atoms with van der Waals surface area (Å²) in [6.07, 6.45) is -10.5. The van der Waals surface area contributed by atoms with Crippen molar-refractivity contribution in [1.82, 2.24) is 0 Å². The minimum atomic E-state index is -5.37. The van der Waals surface area contributed by atoms with E-state index in [2.05, 4.69) is 4.74 Å². The van der Waals surface area contributed by atoms with Crippen LogP contribution in [0.1, 0.15) is 21.5 Å². The molecule has 1 rings (SSSR count). The quantitative estimate of drug-likeness (QED) is 0.583. The lowest BCUT2D eigenvalue weighted by atomic mass is 10.0. The molecule has 0 radical (unpaired) electrons. The molecule has 0 spiro atoms. The Morgan fingerprint density at radius 1 is 1.05 bits per heavy atom. The summed E-state index contributed by atoms with van der Waals surface area (Å²) in [6, 6.07) is -0.432. The zero-order valence-electron chi connectivity index (χ0n) is 9.12. The number of hydrogen-bond acceptors (Lipinski definition) is 2. The summed E-state index contributed by atoms with van der Waals surface area (Å²) in [6.45, 7) is 0. The standard InChI is InChI=1S/C10H5F7O2/c1-19-8(18)5-2-4(9(12,13)14)3-6(7(5)11)10(15,16)17/h2-3H,1H3. The van der Waals surface area contributed by atoms with E-state index < -0.39 is 46.9 Å². The van der Waals surface area contributed by atoms with Gasteiger partial charge in [-0.25, -0.2) is 9.18 Å². The Balaban J connectivity index is 3.62. The van der Waals surface area contributed by atoms with Crippen molar-refractivity contribution in [2.45, 2.75) is 12.4 Å².